The second-order valence-electron chi connectivity index (χ2n) is 10.2. The van der Waals surface area contributed by atoms with Gasteiger partial charge in [0.15, 0.2) is 0 Å². The number of carbonyl (C=O) groups excluding carboxylic acids is 9. The molecule has 0 unspecified atom stereocenters. The Kier molecular flexibility index (Phi) is 18.5. The molecule has 0 aliphatic carbocycles. The predicted molar refractivity (Wildman–Crippen MR) is 146 cm³/mol. The number of rotatable bonds is 22. The van der Waals surface area contributed by atoms with E-state index in [0.29, 0.717) is 5.75 Å². The summed E-state index contributed by atoms with van der Waals surface area (Å²) in [6.07, 6.45) is -1.85. The minimum absolute atomic E-state index is 0.151. The molecule has 0 spiro atoms. The Morgan fingerprint density at radius 3 is 1.36 bits per heavy atom. The molecule has 0 aromatic heterocycles. The Balaban J connectivity index is 6.09. The quantitative estimate of drug-likeness (QED) is 0.0721. The summed E-state index contributed by atoms with van der Waals surface area (Å²) >= 11 is 1.37. The van der Waals surface area contributed by atoms with Gasteiger partial charge in [0, 0.05) is 31.3 Å². The highest BCUT2D eigenvalue weighted by Crippen LogP contribution is 2.08. The number of carboxylic acids is 4. The molecule has 254 valence electrons. The molecule has 0 aromatic carbocycles. The van der Waals surface area contributed by atoms with Gasteiger partial charge in [0.25, 0.3) is 0 Å². The number of carboxylic acid groups (broad SMARTS) is 4. The van der Waals surface area contributed by atoms with Gasteiger partial charge in [-0.3, -0.25) is 24.0 Å². The molecule has 19 heteroatoms. The van der Waals surface area contributed by atoms with E-state index in [0.717, 1.165) is 6.92 Å². The van der Waals surface area contributed by atoms with Gasteiger partial charge in [0.2, 0.25) is 29.5 Å². The van der Waals surface area contributed by atoms with Crippen LogP contribution in [0.3, 0.4) is 0 Å². The summed E-state index contributed by atoms with van der Waals surface area (Å²) in [6.45, 7) is 4.02. The van der Waals surface area contributed by atoms with Crippen molar-refractivity contribution in [2.45, 2.75) is 89.5 Å². The Hall–Kier alpha value is -4.42. The molecule has 5 amide bonds. The molecule has 18 nitrogen and oxygen atoms in total. The standard InChI is InChI=1S/C26H41N5O13S/c1-12(2)21(25(42)30-17(26(43)44)11-20(37)38)31-24(41)15(6-8-19(35)36)29-22(39)14(5-7-18(33)34)28-23(40)16(9-10-45-4)27-13(3)32/h12,14-17,21H,5-11H2,1-4H3,(H,27,32)(H,28,40)(H,29,39)(H,30,42)(H,31,41)(H,33,34)(H,35,36)(H,37,38)(H,43,44)/p-4/t14-,15-,16-,17-,21-/m0/s1. The van der Waals surface area contributed by atoms with Crippen molar-refractivity contribution in [3.8, 4) is 0 Å². The lowest BCUT2D eigenvalue weighted by atomic mass is 10.0. The van der Waals surface area contributed by atoms with E-state index in [2.05, 4.69) is 21.3 Å². The van der Waals surface area contributed by atoms with Gasteiger partial charge in [0.05, 0.1) is 12.0 Å². The Bertz CT molecular complexity index is 1120. The van der Waals surface area contributed by atoms with Crippen LogP contribution in [0, 0.1) is 5.92 Å². The SMILES string of the molecule is CSCC[C@H](NC(C)=O)C(=O)N[C@@H](CCC(=O)[O-])C(=O)N[C@@H](CCC(=O)[O-])C(=O)N[C@H](C(=O)N[C@@H](CC(=O)[O-])C(=O)[O-])C(C)C. The maximum Gasteiger partial charge on any atom is 0.243 e. The predicted octanol–water partition coefficient (Wildman–Crippen LogP) is -7.21. The van der Waals surface area contributed by atoms with Crippen LogP contribution in [-0.4, -0.2) is 95.6 Å². The van der Waals surface area contributed by atoms with E-state index in [-0.39, 0.29) is 6.42 Å². The van der Waals surface area contributed by atoms with E-state index in [1.807, 2.05) is 5.32 Å². The normalized spacial score (nSPS) is 14.1. The van der Waals surface area contributed by atoms with Gasteiger partial charge in [-0.05, 0) is 50.0 Å². The lowest BCUT2D eigenvalue weighted by Crippen LogP contribution is -2.60. The second kappa shape index (κ2) is 20.5. The first-order valence-corrected chi connectivity index (χ1v) is 15.1. The minimum Gasteiger partial charge on any atom is -0.550 e. The van der Waals surface area contributed by atoms with E-state index in [1.54, 1.807) is 6.26 Å². The number of hydrogen-bond acceptors (Lipinski definition) is 14. The maximum atomic E-state index is 13.2. The summed E-state index contributed by atoms with van der Waals surface area (Å²) in [6, 6.07) is -7.93. The average Bonchev–Trinajstić information content (AvgIpc) is 2.92. The molecule has 0 radical (unpaired) electrons. The van der Waals surface area contributed by atoms with Gasteiger partial charge >= 0.3 is 0 Å². The molecular weight excluding hydrogens is 622 g/mol. The highest BCUT2D eigenvalue weighted by Gasteiger charge is 2.32. The zero-order valence-electron chi connectivity index (χ0n) is 25.1. The molecule has 0 aromatic rings. The largest absolute Gasteiger partial charge is 0.550 e. The molecule has 0 bridgehead atoms. The highest BCUT2D eigenvalue weighted by atomic mass is 32.2. The smallest absolute Gasteiger partial charge is 0.243 e. The van der Waals surface area contributed by atoms with Crippen LogP contribution in [-0.2, 0) is 43.2 Å². The van der Waals surface area contributed by atoms with E-state index in [1.165, 1.54) is 25.6 Å². The van der Waals surface area contributed by atoms with Crippen molar-refractivity contribution >= 4 is 65.2 Å². The van der Waals surface area contributed by atoms with Crippen LogP contribution in [0.1, 0.15) is 59.3 Å². The van der Waals surface area contributed by atoms with Gasteiger partial charge in [-0.2, -0.15) is 11.8 Å². The van der Waals surface area contributed by atoms with E-state index >= 15 is 0 Å². The van der Waals surface area contributed by atoms with Gasteiger partial charge < -0.3 is 66.2 Å². The van der Waals surface area contributed by atoms with Crippen LogP contribution in [0.4, 0.5) is 0 Å². The van der Waals surface area contributed by atoms with Gasteiger partial charge in [-0.25, -0.2) is 0 Å². The summed E-state index contributed by atoms with van der Waals surface area (Å²) in [7, 11) is 0. The van der Waals surface area contributed by atoms with Gasteiger partial charge in [0.1, 0.15) is 24.2 Å². The minimum atomic E-state index is -2.01. The van der Waals surface area contributed by atoms with Crippen LogP contribution in [0.2, 0.25) is 0 Å². The molecule has 5 atom stereocenters. The Labute approximate surface area is 262 Å². The molecule has 5 N–H and O–H groups in total. The van der Waals surface area contributed by atoms with Crippen molar-refractivity contribution in [1.82, 2.24) is 26.6 Å². The van der Waals surface area contributed by atoms with Gasteiger partial charge in [-0.1, -0.05) is 13.8 Å². The molecule has 45 heavy (non-hydrogen) atoms. The topological polar surface area (TPSA) is 306 Å². The molecule has 0 rings (SSSR count). The summed E-state index contributed by atoms with van der Waals surface area (Å²) in [5.74, 6) is -12.1. The van der Waals surface area contributed by atoms with Crippen molar-refractivity contribution in [3.05, 3.63) is 0 Å². The van der Waals surface area contributed by atoms with Crippen LogP contribution < -0.4 is 47.0 Å². The lowest BCUT2D eigenvalue weighted by molar-refractivity contribution is -0.317. The number of thioether (sulfide) groups is 1. The first-order chi connectivity index (χ1) is 20.9. The molecule has 0 heterocycles. The number of nitrogens with one attached hydrogen (secondary N) is 5. The number of amides is 5. The second-order valence-corrected chi connectivity index (χ2v) is 11.2. The third kappa shape index (κ3) is 16.9. The lowest BCUT2D eigenvalue weighted by Gasteiger charge is -2.29. The molecule has 0 aliphatic heterocycles. The number of aliphatic carboxylic acids is 4. The van der Waals surface area contributed by atoms with Crippen molar-refractivity contribution < 1.29 is 63.6 Å². The molecule has 0 fully saturated rings. The monoisotopic (exact) mass is 659 g/mol. The third-order valence-electron chi connectivity index (χ3n) is 6.06. The summed E-state index contributed by atoms with van der Waals surface area (Å²) in [5.41, 5.74) is 0. The van der Waals surface area contributed by atoms with Crippen molar-refractivity contribution in [3.63, 3.8) is 0 Å². The van der Waals surface area contributed by atoms with Crippen molar-refractivity contribution in [2.24, 2.45) is 5.92 Å². The fourth-order valence-corrected chi connectivity index (χ4v) is 4.24. The zero-order chi connectivity index (χ0) is 34.9. The number of carbonyl (C=O) groups is 9. The van der Waals surface area contributed by atoms with Crippen LogP contribution in [0.15, 0.2) is 0 Å². The van der Waals surface area contributed by atoms with Crippen LogP contribution in [0.5, 0.6) is 0 Å². The first-order valence-electron chi connectivity index (χ1n) is 13.7. The van der Waals surface area contributed by atoms with E-state index in [9.17, 15) is 63.6 Å². The van der Waals surface area contributed by atoms with Crippen LogP contribution >= 0.6 is 11.8 Å². The average molecular weight is 660 g/mol. The third-order valence-corrected chi connectivity index (χ3v) is 6.71. The first kappa shape index (κ1) is 40.6. The molecular formula is C26H37N5O13S-4. The van der Waals surface area contributed by atoms with E-state index in [4.69, 9.17) is 0 Å². The van der Waals surface area contributed by atoms with E-state index < -0.39 is 122 Å². The fourth-order valence-electron chi connectivity index (χ4n) is 3.77. The fraction of sp³-hybridized carbons (Fsp3) is 0.654. The molecule has 0 saturated heterocycles. The molecule has 0 saturated carbocycles. The summed E-state index contributed by atoms with van der Waals surface area (Å²) in [4.78, 5) is 108. The summed E-state index contributed by atoms with van der Waals surface area (Å²) < 4.78 is 0. The molecule has 0 aliphatic rings. The highest BCUT2D eigenvalue weighted by molar-refractivity contribution is 7.98. The zero-order valence-corrected chi connectivity index (χ0v) is 25.9. The van der Waals surface area contributed by atoms with Crippen LogP contribution in [0.25, 0.3) is 0 Å². The summed E-state index contributed by atoms with van der Waals surface area (Å²) in [5, 5.41) is 55.4. The van der Waals surface area contributed by atoms with Gasteiger partial charge in [-0.15, -0.1) is 0 Å². The van der Waals surface area contributed by atoms with Crippen molar-refractivity contribution in [1.29, 1.82) is 0 Å². The number of hydrogen-bond donors (Lipinski definition) is 5. The Morgan fingerprint density at radius 2 is 1.00 bits per heavy atom. The Morgan fingerprint density at radius 1 is 0.578 bits per heavy atom. The maximum absolute atomic E-state index is 13.2. The van der Waals surface area contributed by atoms with Crippen molar-refractivity contribution in [2.75, 3.05) is 12.0 Å².